The van der Waals surface area contributed by atoms with Gasteiger partial charge in [0.1, 0.15) is 0 Å². The number of aryl methyl sites for hydroxylation is 1. The molecule has 1 unspecified atom stereocenters. The minimum Gasteiger partial charge on any atom is -0.368 e. The topological polar surface area (TPSA) is 76.7 Å². The van der Waals surface area contributed by atoms with Gasteiger partial charge in [0, 0.05) is 10.9 Å². The van der Waals surface area contributed by atoms with E-state index in [0.717, 1.165) is 25.7 Å². The molecule has 0 amide bonds. The summed E-state index contributed by atoms with van der Waals surface area (Å²) in [6.45, 7) is 1.96. The second kappa shape index (κ2) is 7.58. The first kappa shape index (κ1) is 17.5. The van der Waals surface area contributed by atoms with E-state index in [4.69, 9.17) is 5.73 Å². The lowest BCUT2D eigenvalue weighted by Crippen LogP contribution is -2.23. The third-order valence-electron chi connectivity index (χ3n) is 3.29. The summed E-state index contributed by atoms with van der Waals surface area (Å²) in [6.07, 6.45) is -1.21. The maximum atomic E-state index is 12.7. The molecule has 1 atom stereocenters. The van der Waals surface area contributed by atoms with Gasteiger partial charge in [-0.15, -0.1) is 11.3 Å². The van der Waals surface area contributed by atoms with Gasteiger partial charge in [-0.05, 0) is 37.1 Å². The quantitative estimate of drug-likeness (QED) is 0.799. The number of aromatic nitrogens is 3. The summed E-state index contributed by atoms with van der Waals surface area (Å²) in [4.78, 5) is 11.6. The molecular weight excluding hydrogens is 327 g/mol. The number of rotatable bonds is 7. The molecular formula is C14H18F3N5S. The number of alkyl halides is 3. The molecule has 2 aromatic rings. The Morgan fingerprint density at radius 1 is 1.30 bits per heavy atom. The van der Waals surface area contributed by atoms with Crippen molar-refractivity contribution in [2.24, 2.45) is 0 Å². The predicted octanol–water partition coefficient (Wildman–Crippen LogP) is 3.75. The molecule has 9 heteroatoms. The number of hydrogen-bond donors (Lipinski definition) is 2. The Labute approximate surface area is 136 Å². The highest BCUT2D eigenvalue weighted by Crippen LogP contribution is 2.27. The zero-order valence-electron chi connectivity index (χ0n) is 12.6. The van der Waals surface area contributed by atoms with E-state index in [1.54, 1.807) is 11.3 Å². The number of nitrogen functional groups attached to an aromatic ring is 1. The molecule has 0 saturated heterocycles. The van der Waals surface area contributed by atoms with Crippen LogP contribution >= 0.6 is 11.3 Å². The first-order valence-corrected chi connectivity index (χ1v) is 8.14. The molecule has 0 saturated carbocycles. The lowest BCUT2D eigenvalue weighted by molar-refractivity contribution is -0.144. The Hall–Kier alpha value is -1.90. The third kappa shape index (κ3) is 5.34. The van der Waals surface area contributed by atoms with Gasteiger partial charge in [-0.3, -0.25) is 0 Å². The number of halogens is 3. The molecule has 2 heterocycles. The van der Waals surface area contributed by atoms with Gasteiger partial charge in [0.25, 0.3) is 0 Å². The third-order valence-corrected chi connectivity index (χ3v) is 4.22. The van der Waals surface area contributed by atoms with Crippen LogP contribution in [0.3, 0.4) is 0 Å². The summed E-state index contributed by atoms with van der Waals surface area (Å²) < 4.78 is 38.1. The van der Waals surface area contributed by atoms with Crippen LogP contribution in [0.1, 0.15) is 36.9 Å². The van der Waals surface area contributed by atoms with E-state index in [1.807, 2.05) is 18.4 Å². The van der Waals surface area contributed by atoms with E-state index < -0.39 is 17.9 Å². The Kier molecular flexibility index (Phi) is 5.75. The molecule has 126 valence electrons. The normalized spacial score (nSPS) is 13.0. The van der Waals surface area contributed by atoms with Crippen molar-refractivity contribution < 1.29 is 13.2 Å². The van der Waals surface area contributed by atoms with E-state index in [0.29, 0.717) is 0 Å². The molecule has 5 nitrogen and oxygen atoms in total. The van der Waals surface area contributed by atoms with Crippen LogP contribution < -0.4 is 11.1 Å². The van der Waals surface area contributed by atoms with Crippen LogP contribution in [-0.4, -0.2) is 21.0 Å². The molecule has 23 heavy (non-hydrogen) atoms. The van der Waals surface area contributed by atoms with Gasteiger partial charge < -0.3 is 11.1 Å². The van der Waals surface area contributed by atoms with Crippen LogP contribution in [0.4, 0.5) is 25.1 Å². The number of nitrogens with two attached hydrogens (primary N) is 1. The first-order chi connectivity index (χ1) is 10.9. The van der Waals surface area contributed by atoms with E-state index in [2.05, 4.69) is 26.3 Å². The number of thiophene rings is 1. The zero-order valence-corrected chi connectivity index (χ0v) is 13.4. The minimum absolute atomic E-state index is 0.0159. The average Bonchev–Trinajstić information content (AvgIpc) is 2.98. The summed E-state index contributed by atoms with van der Waals surface area (Å²) in [5.74, 6) is -1.85. The fraction of sp³-hybridized carbons (Fsp3) is 0.500. The first-order valence-electron chi connectivity index (χ1n) is 7.26. The van der Waals surface area contributed by atoms with Gasteiger partial charge in [-0.2, -0.15) is 28.1 Å². The minimum atomic E-state index is -4.64. The summed E-state index contributed by atoms with van der Waals surface area (Å²) in [5.41, 5.74) is 5.34. The molecule has 2 aromatic heterocycles. The number of hydrogen-bond acceptors (Lipinski definition) is 6. The van der Waals surface area contributed by atoms with Crippen molar-refractivity contribution in [2.45, 2.75) is 44.8 Å². The Morgan fingerprint density at radius 2 is 2.09 bits per heavy atom. The second-order valence-electron chi connectivity index (χ2n) is 5.06. The number of nitrogens with one attached hydrogen (secondary N) is 1. The van der Waals surface area contributed by atoms with Gasteiger partial charge in [0.05, 0.1) is 0 Å². The Morgan fingerprint density at radius 3 is 2.70 bits per heavy atom. The molecule has 0 spiro atoms. The lowest BCUT2D eigenvalue weighted by Gasteiger charge is -2.17. The van der Waals surface area contributed by atoms with Crippen LogP contribution in [0, 0.1) is 0 Å². The highest BCUT2D eigenvalue weighted by Gasteiger charge is 2.35. The molecule has 0 aliphatic heterocycles. The van der Waals surface area contributed by atoms with Crippen molar-refractivity contribution in [2.75, 3.05) is 11.1 Å². The molecule has 0 aliphatic carbocycles. The van der Waals surface area contributed by atoms with Crippen LogP contribution in [0.15, 0.2) is 17.5 Å². The van der Waals surface area contributed by atoms with Gasteiger partial charge in [-0.25, -0.2) is 0 Å². The number of nitrogens with zero attached hydrogens (tertiary/aromatic N) is 3. The van der Waals surface area contributed by atoms with Gasteiger partial charge in [0.15, 0.2) is 0 Å². The van der Waals surface area contributed by atoms with E-state index in [-0.39, 0.29) is 12.0 Å². The van der Waals surface area contributed by atoms with Gasteiger partial charge >= 0.3 is 6.18 Å². The highest BCUT2D eigenvalue weighted by molar-refractivity contribution is 7.09. The number of anilines is 2. The molecule has 0 radical (unpaired) electrons. The van der Waals surface area contributed by atoms with E-state index >= 15 is 0 Å². The second-order valence-corrected chi connectivity index (χ2v) is 6.09. The van der Waals surface area contributed by atoms with Crippen molar-refractivity contribution in [1.29, 1.82) is 0 Å². The van der Waals surface area contributed by atoms with E-state index in [1.165, 1.54) is 4.88 Å². The van der Waals surface area contributed by atoms with Crippen molar-refractivity contribution in [3.05, 3.63) is 28.2 Å². The smallest absolute Gasteiger partial charge is 0.368 e. The predicted molar refractivity (Wildman–Crippen MR) is 84.2 cm³/mol. The fourth-order valence-electron chi connectivity index (χ4n) is 2.12. The maximum Gasteiger partial charge on any atom is 0.451 e. The SMILES string of the molecule is CCC(CCCc1cccs1)Nc1nc(N)nc(C(F)(F)F)n1. The van der Waals surface area contributed by atoms with Crippen LogP contribution in [0.2, 0.25) is 0 Å². The zero-order chi connectivity index (χ0) is 16.9. The average molecular weight is 345 g/mol. The standard InChI is InChI=1S/C14H18F3N5S/c1-2-9(5-3-6-10-7-4-8-23-10)19-13-21-11(14(15,16)17)20-12(18)22-13/h4,7-9H,2-3,5-6H2,1H3,(H3,18,19,20,21,22). The Balaban J connectivity index is 1.96. The molecule has 0 bridgehead atoms. The molecule has 0 fully saturated rings. The highest BCUT2D eigenvalue weighted by atomic mass is 32.1. The summed E-state index contributed by atoms with van der Waals surface area (Å²) >= 11 is 1.70. The van der Waals surface area contributed by atoms with Crippen LogP contribution in [-0.2, 0) is 12.6 Å². The largest absolute Gasteiger partial charge is 0.451 e. The Bertz CT molecular complexity index is 615. The van der Waals surface area contributed by atoms with E-state index in [9.17, 15) is 13.2 Å². The lowest BCUT2D eigenvalue weighted by atomic mass is 10.1. The maximum absolute atomic E-state index is 12.7. The van der Waals surface area contributed by atoms with Gasteiger partial charge in [0.2, 0.25) is 17.7 Å². The summed E-state index contributed by atoms with van der Waals surface area (Å²) in [5, 5.41) is 4.95. The van der Waals surface area contributed by atoms with Crippen LogP contribution in [0.5, 0.6) is 0 Å². The monoisotopic (exact) mass is 345 g/mol. The molecule has 0 aromatic carbocycles. The molecule has 2 rings (SSSR count). The summed E-state index contributed by atoms with van der Waals surface area (Å²) in [7, 11) is 0. The van der Waals surface area contributed by atoms with Crippen molar-refractivity contribution in [1.82, 2.24) is 15.0 Å². The van der Waals surface area contributed by atoms with Crippen molar-refractivity contribution in [3.63, 3.8) is 0 Å². The van der Waals surface area contributed by atoms with Crippen molar-refractivity contribution in [3.8, 4) is 0 Å². The summed E-state index contributed by atoms with van der Waals surface area (Å²) in [6, 6.07) is 4.06. The fourth-order valence-corrected chi connectivity index (χ4v) is 2.87. The van der Waals surface area contributed by atoms with Gasteiger partial charge in [-0.1, -0.05) is 13.0 Å². The van der Waals surface area contributed by atoms with Crippen molar-refractivity contribution >= 4 is 23.2 Å². The molecule has 0 aliphatic rings. The molecule has 3 N–H and O–H groups in total. The van der Waals surface area contributed by atoms with Crippen LogP contribution in [0.25, 0.3) is 0 Å².